The van der Waals surface area contributed by atoms with Crippen LogP contribution in [0.5, 0.6) is 5.75 Å². The molecular formula is C26H29FN2O3S2. The lowest BCUT2D eigenvalue weighted by Gasteiger charge is -2.37. The van der Waals surface area contributed by atoms with E-state index < -0.39 is 0 Å². The van der Waals surface area contributed by atoms with Gasteiger partial charge in [0.2, 0.25) is 5.91 Å². The molecule has 0 spiro atoms. The fraction of sp³-hybridized carbons (Fsp3) is 0.385. The number of rotatable bonds is 9. The molecular weight excluding hydrogens is 471 g/mol. The Kier molecular flexibility index (Phi) is 8.00. The van der Waals surface area contributed by atoms with Crippen LogP contribution < -0.4 is 4.74 Å². The van der Waals surface area contributed by atoms with Gasteiger partial charge in [-0.3, -0.25) is 9.59 Å². The van der Waals surface area contributed by atoms with E-state index in [1.165, 1.54) is 28.3 Å². The van der Waals surface area contributed by atoms with Gasteiger partial charge in [0.05, 0.1) is 10.9 Å². The van der Waals surface area contributed by atoms with Crippen molar-refractivity contribution in [2.45, 2.75) is 32.7 Å². The van der Waals surface area contributed by atoms with Crippen LogP contribution in [0.25, 0.3) is 0 Å². The number of ether oxygens (including phenoxy) is 1. The molecule has 0 bridgehead atoms. The molecule has 0 unspecified atom stereocenters. The van der Waals surface area contributed by atoms with E-state index in [0.29, 0.717) is 23.7 Å². The monoisotopic (exact) mass is 500 g/mol. The summed E-state index contributed by atoms with van der Waals surface area (Å²) in [7, 11) is 0. The third-order valence-electron chi connectivity index (χ3n) is 6.19. The highest BCUT2D eigenvalue weighted by molar-refractivity contribution is 7.12. The quantitative estimate of drug-likeness (QED) is 0.382. The Morgan fingerprint density at radius 3 is 2.79 bits per heavy atom. The van der Waals surface area contributed by atoms with Crippen LogP contribution in [-0.2, 0) is 11.2 Å². The van der Waals surface area contributed by atoms with Crippen LogP contribution in [0.15, 0.2) is 53.2 Å². The summed E-state index contributed by atoms with van der Waals surface area (Å²) in [4.78, 5) is 32.1. The van der Waals surface area contributed by atoms with Gasteiger partial charge in [0.25, 0.3) is 5.91 Å². The number of hydrogen-bond donors (Lipinski definition) is 0. The van der Waals surface area contributed by atoms with E-state index in [0.717, 1.165) is 18.4 Å². The molecule has 3 aromatic rings. The van der Waals surface area contributed by atoms with Crippen molar-refractivity contribution in [1.82, 2.24) is 9.80 Å². The fourth-order valence-corrected chi connectivity index (χ4v) is 5.76. The fourth-order valence-electron chi connectivity index (χ4n) is 4.14. The maximum Gasteiger partial charge on any atom is 0.264 e. The van der Waals surface area contributed by atoms with Crippen LogP contribution in [0.2, 0.25) is 0 Å². The molecule has 1 aromatic carbocycles. The number of carbonyl (C=O) groups is 2. The molecule has 0 saturated carbocycles. The predicted octanol–water partition coefficient (Wildman–Crippen LogP) is 5.64. The van der Waals surface area contributed by atoms with E-state index in [4.69, 9.17) is 4.74 Å². The van der Waals surface area contributed by atoms with E-state index in [2.05, 4.69) is 13.8 Å². The lowest BCUT2D eigenvalue weighted by molar-refractivity contribution is -0.135. The number of nitrogens with zero attached hydrogens (tertiary/aromatic N) is 2. The van der Waals surface area contributed by atoms with Gasteiger partial charge >= 0.3 is 0 Å². The predicted molar refractivity (Wildman–Crippen MR) is 134 cm³/mol. The molecule has 5 nitrogen and oxygen atoms in total. The molecule has 2 amide bonds. The van der Waals surface area contributed by atoms with E-state index in [9.17, 15) is 14.0 Å². The lowest BCUT2D eigenvalue weighted by atomic mass is 10.00. The first-order chi connectivity index (χ1) is 16.5. The minimum absolute atomic E-state index is 0.0248. The van der Waals surface area contributed by atoms with E-state index >= 15 is 0 Å². The minimum atomic E-state index is -0.363. The molecule has 0 fully saturated rings. The Bertz CT molecular complexity index is 1110. The molecule has 4 rings (SSSR count). The Labute approximate surface area is 207 Å². The maximum atomic E-state index is 13.6. The van der Waals surface area contributed by atoms with E-state index in [-0.39, 0.29) is 42.7 Å². The molecule has 0 aliphatic carbocycles. The molecule has 3 heterocycles. The Hall–Kier alpha value is -2.71. The highest BCUT2D eigenvalue weighted by Crippen LogP contribution is 2.34. The van der Waals surface area contributed by atoms with Gasteiger partial charge < -0.3 is 14.5 Å². The summed E-state index contributed by atoms with van der Waals surface area (Å²) in [6.07, 6.45) is 1.70. The largest absolute Gasteiger partial charge is 0.491 e. The average Bonchev–Trinajstić information content (AvgIpc) is 3.53. The SMILES string of the molecule is CC[C@H](C)CN(CC(=O)N1CCc2sccc2[C@H]1COc1cccc(F)c1)C(=O)c1cccs1. The maximum absolute atomic E-state index is 13.6. The number of fused-ring (bicyclic) bond motifs is 1. The highest BCUT2D eigenvalue weighted by atomic mass is 32.1. The van der Waals surface area contributed by atoms with Gasteiger partial charge in [-0.2, -0.15) is 0 Å². The summed E-state index contributed by atoms with van der Waals surface area (Å²) in [6, 6.07) is 11.4. The lowest BCUT2D eigenvalue weighted by Crippen LogP contribution is -2.48. The van der Waals surface area contributed by atoms with Gasteiger partial charge in [0.1, 0.15) is 24.7 Å². The zero-order valence-corrected chi connectivity index (χ0v) is 21.0. The van der Waals surface area contributed by atoms with Crippen molar-refractivity contribution < 1.29 is 18.7 Å². The van der Waals surface area contributed by atoms with Crippen LogP contribution in [0.1, 0.15) is 46.4 Å². The Morgan fingerprint density at radius 2 is 2.06 bits per heavy atom. The smallest absolute Gasteiger partial charge is 0.264 e. The molecule has 2 atom stereocenters. The Morgan fingerprint density at radius 1 is 1.21 bits per heavy atom. The zero-order chi connectivity index (χ0) is 24.1. The van der Waals surface area contributed by atoms with Crippen molar-refractivity contribution in [1.29, 1.82) is 0 Å². The van der Waals surface area contributed by atoms with Crippen molar-refractivity contribution in [3.8, 4) is 5.75 Å². The molecule has 8 heteroatoms. The summed E-state index contributed by atoms with van der Waals surface area (Å²) in [5.74, 6) is 0.148. The van der Waals surface area contributed by atoms with E-state index in [1.54, 1.807) is 34.4 Å². The highest BCUT2D eigenvalue weighted by Gasteiger charge is 2.34. The van der Waals surface area contributed by atoms with Crippen molar-refractivity contribution in [2.24, 2.45) is 5.92 Å². The molecule has 0 N–H and O–H groups in total. The second-order valence-electron chi connectivity index (χ2n) is 8.60. The normalized spacial score (nSPS) is 16.1. The first-order valence-electron chi connectivity index (χ1n) is 11.5. The summed E-state index contributed by atoms with van der Waals surface area (Å²) >= 11 is 3.07. The molecule has 2 aromatic heterocycles. The van der Waals surface area contributed by atoms with Gasteiger partial charge in [0, 0.05) is 24.0 Å². The third-order valence-corrected chi connectivity index (χ3v) is 8.05. The van der Waals surface area contributed by atoms with Gasteiger partial charge in [-0.25, -0.2) is 4.39 Å². The van der Waals surface area contributed by atoms with Crippen LogP contribution in [0.3, 0.4) is 0 Å². The molecule has 1 aliphatic heterocycles. The van der Waals surface area contributed by atoms with Crippen molar-refractivity contribution in [3.63, 3.8) is 0 Å². The number of hydrogen-bond acceptors (Lipinski definition) is 5. The first kappa shape index (κ1) is 24.4. The van der Waals surface area contributed by atoms with Crippen LogP contribution in [-0.4, -0.2) is 47.9 Å². The molecule has 1 aliphatic rings. The topological polar surface area (TPSA) is 49.9 Å². The van der Waals surface area contributed by atoms with Gasteiger partial charge in [-0.15, -0.1) is 22.7 Å². The molecule has 180 valence electrons. The second-order valence-corrected chi connectivity index (χ2v) is 10.5. The van der Waals surface area contributed by atoms with Gasteiger partial charge in [-0.1, -0.05) is 32.4 Å². The van der Waals surface area contributed by atoms with Crippen LogP contribution >= 0.6 is 22.7 Å². The van der Waals surface area contributed by atoms with Crippen molar-refractivity contribution >= 4 is 34.5 Å². The summed E-state index contributed by atoms with van der Waals surface area (Å²) in [6.45, 7) is 5.52. The van der Waals surface area contributed by atoms with Crippen LogP contribution in [0.4, 0.5) is 4.39 Å². The second kappa shape index (κ2) is 11.1. The summed E-state index contributed by atoms with van der Waals surface area (Å²) in [5, 5.41) is 3.91. The number of amides is 2. The third kappa shape index (κ3) is 5.67. The number of thiophene rings is 2. The van der Waals surface area contributed by atoms with Crippen molar-refractivity contribution in [2.75, 3.05) is 26.2 Å². The standard InChI is InChI=1S/C26H29FN2O3S2/c1-3-18(2)15-28(26(31)24-8-5-12-33-24)16-25(30)29-11-9-23-21(10-13-34-23)22(29)17-32-20-7-4-6-19(27)14-20/h4-8,10,12-14,18,22H,3,9,11,15-17H2,1-2H3/t18-,22+/m0/s1. The number of carbonyl (C=O) groups excluding carboxylic acids is 2. The van der Waals surface area contributed by atoms with Gasteiger partial charge in [-0.05, 0) is 52.9 Å². The number of benzene rings is 1. The van der Waals surface area contributed by atoms with Gasteiger partial charge in [0.15, 0.2) is 0 Å². The summed E-state index contributed by atoms with van der Waals surface area (Å²) in [5.41, 5.74) is 1.07. The molecule has 34 heavy (non-hydrogen) atoms. The number of halogens is 1. The zero-order valence-electron chi connectivity index (χ0n) is 19.4. The average molecular weight is 501 g/mol. The Balaban J connectivity index is 1.53. The molecule has 0 radical (unpaired) electrons. The van der Waals surface area contributed by atoms with Crippen LogP contribution in [0, 0.1) is 11.7 Å². The molecule has 0 saturated heterocycles. The summed E-state index contributed by atoms with van der Waals surface area (Å²) < 4.78 is 19.5. The van der Waals surface area contributed by atoms with Crippen molar-refractivity contribution in [3.05, 3.63) is 74.4 Å². The first-order valence-corrected chi connectivity index (χ1v) is 13.3. The minimum Gasteiger partial charge on any atom is -0.491 e. The van der Waals surface area contributed by atoms with E-state index in [1.807, 2.05) is 27.8 Å².